The normalized spacial score (nSPS) is 15.9. The number of hydrogen-bond acceptors (Lipinski definition) is 11. The molecule has 0 unspecified atom stereocenters. The van der Waals surface area contributed by atoms with Gasteiger partial charge in [0.2, 0.25) is 11.8 Å². The molecule has 0 aliphatic carbocycles. The van der Waals surface area contributed by atoms with Gasteiger partial charge in [-0.15, -0.1) is 0 Å². The number of carbonyl (C=O) groups is 5. The third-order valence-electron chi connectivity index (χ3n) is 10.0. The summed E-state index contributed by atoms with van der Waals surface area (Å²) < 4.78 is 15.9. The van der Waals surface area contributed by atoms with Gasteiger partial charge in [-0.25, -0.2) is 4.79 Å². The highest BCUT2D eigenvalue weighted by Gasteiger charge is 2.31. The third kappa shape index (κ3) is 15.3. The maximum atomic E-state index is 13.0. The summed E-state index contributed by atoms with van der Waals surface area (Å²) in [5.41, 5.74) is 1.50. The third-order valence-corrected chi connectivity index (χ3v) is 10.0. The lowest BCUT2D eigenvalue weighted by Gasteiger charge is -2.36. The van der Waals surface area contributed by atoms with E-state index in [1.165, 1.54) is 12.5 Å². The lowest BCUT2D eigenvalue weighted by Crippen LogP contribution is -2.52. The van der Waals surface area contributed by atoms with E-state index in [0.717, 1.165) is 37.3 Å². The monoisotopic (exact) mass is 810 g/mol. The molecule has 2 atom stereocenters. The molecule has 2 aromatic heterocycles. The number of Topliss-reactive ketones (excluding diaryl/α,β-unsaturated/α-hetero) is 2. The molecule has 2 fully saturated rings. The molecule has 4 aromatic rings. The van der Waals surface area contributed by atoms with Crippen LogP contribution in [-0.2, 0) is 27.4 Å². The van der Waals surface area contributed by atoms with Crippen LogP contribution in [0, 0.1) is 11.8 Å². The summed E-state index contributed by atoms with van der Waals surface area (Å²) in [5, 5.41) is 9.24. The Morgan fingerprint density at radius 1 is 0.627 bits per heavy atom. The fourth-order valence-corrected chi connectivity index (χ4v) is 6.82. The van der Waals surface area contributed by atoms with E-state index in [4.69, 9.17) is 13.6 Å². The van der Waals surface area contributed by atoms with Gasteiger partial charge in [-0.1, -0.05) is 60.7 Å². The van der Waals surface area contributed by atoms with E-state index in [9.17, 15) is 24.0 Å². The molecular formula is C45H58N6O8. The number of piperazine rings is 2. The number of benzene rings is 2. The summed E-state index contributed by atoms with van der Waals surface area (Å²) in [6.07, 6.45) is 2.81. The van der Waals surface area contributed by atoms with Crippen LogP contribution in [0.25, 0.3) is 0 Å². The lowest BCUT2D eigenvalue weighted by molar-refractivity contribution is -0.126. The Balaban J connectivity index is 0.000000230. The second-order valence-electron chi connectivity index (χ2n) is 15.8. The van der Waals surface area contributed by atoms with Gasteiger partial charge in [0.15, 0.2) is 23.1 Å². The summed E-state index contributed by atoms with van der Waals surface area (Å²) in [5.74, 6) is -0.955. The van der Waals surface area contributed by atoms with Gasteiger partial charge in [0.05, 0.1) is 24.4 Å². The fraction of sp³-hybridized carbons (Fsp3) is 0.444. The van der Waals surface area contributed by atoms with Crippen LogP contribution in [0.3, 0.4) is 0 Å². The number of nitrogens with one attached hydrogen (secondary N) is 3. The van der Waals surface area contributed by atoms with E-state index in [-0.39, 0.29) is 48.1 Å². The van der Waals surface area contributed by atoms with Crippen molar-refractivity contribution in [3.05, 3.63) is 120 Å². The summed E-state index contributed by atoms with van der Waals surface area (Å²) in [6.45, 7) is 13.2. The average molecular weight is 811 g/mol. The molecule has 3 amide bonds. The molecule has 0 saturated carbocycles. The van der Waals surface area contributed by atoms with E-state index >= 15 is 0 Å². The quantitative estimate of drug-likeness (QED) is 0.130. The van der Waals surface area contributed by atoms with Crippen molar-refractivity contribution in [1.82, 2.24) is 30.7 Å². The van der Waals surface area contributed by atoms with E-state index in [1.54, 1.807) is 29.2 Å². The van der Waals surface area contributed by atoms with E-state index in [1.807, 2.05) is 81.4 Å². The molecular weight excluding hydrogens is 753 g/mol. The van der Waals surface area contributed by atoms with Gasteiger partial charge in [-0.2, -0.15) is 0 Å². The Labute approximate surface area is 346 Å². The molecule has 0 radical (unpaired) electrons. The van der Waals surface area contributed by atoms with Crippen molar-refractivity contribution in [2.75, 3.05) is 65.4 Å². The molecule has 0 spiro atoms. The molecule has 14 heteroatoms. The first-order valence-corrected chi connectivity index (χ1v) is 20.3. The zero-order valence-electron chi connectivity index (χ0n) is 34.4. The minimum Gasteiger partial charge on any atom is -0.461 e. The average Bonchev–Trinajstić information content (AvgIpc) is 3.99. The van der Waals surface area contributed by atoms with Crippen molar-refractivity contribution in [3.8, 4) is 0 Å². The van der Waals surface area contributed by atoms with Gasteiger partial charge in [0.25, 0.3) is 0 Å². The van der Waals surface area contributed by atoms with Crippen LogP contribution in [0.4, 0.5) is 4.79 Å². The molecule has 59 heavy (non-hydrogen) atoms. The Morgan fingerprint density at radius 2 is 1.07 bits per heavy atom. The van der Waals surface area contributed by atoms with Crippen LogP contribution in [0.2, 0.25) is 0 Å². The van der Waals surface area contributed by atoms with Crippen molar-refractivity contribution < 1.29 is 37.5 Å². The summed E-state index contributed by atoms with van der Waals surface area (Å²) >= 11 is 0. The number of carbonyl (C=O) groups excluding carboxylic acids is 5. The molecule has 14 nitrogen and oxygen atoms in total. The number of ether oxygens (including phenoxy) is 1. The molecule has 316 valence electrons. The standard InChI is InChI=1S/C25H33N3O5.C20H25N3O3/c1-25(2,3)33-24(31)28-13-11-27(12-14-28)18-20(16-21(29)22-10-7-15-32-22)23(30)26-17-19-8-5-4-6-9-19;24-18(19-7-4-12-26-19)13-17(15-23-10-8-21-9-11-23)20(25)22-14-16-5-2-1-3-6-16/h4-10,15,20H,11-14,16-18H2,1-3H3,(H,26,30);1-7,12,17,21H,8-11,13-15H2,(H,22,25)/t20-;17-/m00/s1. The van der Waals surface area contributed by atoms with E-state index in [0.29, 0.717) is 58.1 Å². The Bertz CT molecular complexity index is 1880. The predicted molar refractivity (Wildman–Crippen MR) is 222 cm³/mol. The van der Waals surface area contributed by atoms with Crippen molar-refractivity contribution in [2.24, 2.45) is 11.8 Å². The van der Waals surface area contributed by atoms with Gasteiger partial charge < -0.3 is 39.3 Å². The second-order valence-corrected chi connectivity index (χ2v) is 15.8. The molecule has 2 saturated heterocycles. The number of ketones is 2. The number of nitrogens with zero attached hydrogens (tertiary/aromatic N) is 3. The zero-order chi connectivity index (χ0) is 42.0. The molecule has 4 heterocycles. The number of hydrogen-bond donors (Lipinski definition) is 3. The molecule has 2 aliphatic heterocycles. The van der Waals surface area contributed by atoms with Gasteiger partial charge in [0, 0.05) is 91.4 Å². The van der Waals surface area contributed by atoms with Crippen LogP contribution in [0.15, 0.2) is 106 Å². The van der Waals surface area contributed by atoms with Crippen molar-refractivity contribution in [3.63, 3.8) is 0 Å². The second kappa shape index (κ2) is 22.5. The smallest absolute Gasteiger partial charge is 0.410 e. The Hall–Kier alpha value is -5.57. The first kappa shape index (κ1) is 44.5. The maximum absolute atomic E-state index is 13.0. The predicted octanol–water partition coefficient (Wildman–Crippen LogP) is 5.03. The van der Waals surface area contributed by atoms with Crippen LogP contribution in [-0.4, -0.2) is 115 Å². The van der Waals surface area contributed by atoms with Gasteiger partial charge >= 0.3 is 6.09 Å². The highest BCUT2D eigenvalue weighted by atomic mass is 16.6. The van der Waals surface area contributed by atoms with E-state index in [2.05, 4.69) is 25.8 Å². The lowest BCUT2D eigenvalue weighted by atomic mass is 9.99. The van der Waals surface area contributed by atoms with Crippen molar-refractivity contribution in [2.45, 2.75) is 52.3 Å². The maximum Gasteiger partial charge on any atom is 0.410 e. The molecule has 0 bridgehead atoms. The summed E-state index contributed by atoms with van der Waals surface area (Å²) in [4.78, 5) is 69.2. The summed E-state index contributed by atoms with van der Waals surface area (Å²) in [7, 11) is 0. The number of rotatable bonds is 16. The first-order valence-electron chi connectivity index (χ1n) is 20.3. The first-order chi connectivity index (χ1) is 28.4. The van der Waals surface area contributed by atoms with E-state index < -0.39 is 17.4 Å². The SMILES string of the molecule is CC(C)(C)OC(=O)N1CCN(C[C@H](CC(=O)c2ccco2)C(=O)NCc2ccccc2)CC1.O=C(C[C@@H](CN1CCNCC1)C(=O)NCc1ccccc1)c1ccco1. The molecule has 2 aliphatic rings. The van der Waals surface area contributed by atoms with Crippen LogP contribution in [0.5, 0.6) is 0 Å². The Morgan fingerprint density at radius 3 is 1.47 bits per heavy atom. The molecule has 2 aromatic carbocycles. The largest absolute Gasteiger partial charge is 0.461 e. The van der Waals surface area contributed by atoms with Crippen LogP contribution < -0.4 is 16.0 Å². The highest BCUT2D eigenvalue weighted by Crippen LogP contribution is 2.18. The molecule has 3 N–H and O–H groups in total. The van der Waals surface area contributed by atoms with Crippen LogP contribution >= 0.6 is 0 Å². The van der Waals surface area contributed by atoms with Crippen molar-refractivity contribution in [1.29, 1.82) is 0 Å². The zero-order valence-corrected chi connectivity index (χ0v) is 34.4. The fourth-order valence-electron chi connectivity index (χ4n) is 6.82. The van der Waals surface area contributed by atoms with Crippen molar-refractivity contribution >= 4 is 29.5 Å². The van der Waals surface area contributed by atoms with Crippen LogP contribution in [0.1, 0.15) is 65.8 Å². The number of furan rings is 2. The minimum atomic E-state index is -0.539. The topological polar surface area (TPSA) is 167 Å². The minimum absolute atomic E-state index is 0.0560. The Kier molecular flexibility index (Phi) is 17.0. The highest BCUT2D eigenvalue weighted by molar-refractivity contribution is 5.97. The molecule has 6 rings (SSSR count). The number of amides is 3. The summed E-state index contributed by atoms with van der Waals surface area (Å²) in [6, 6.07) is 26.0. The van der Waals surface area contributed by atoms with Gasteiger partial charge in [-0.05, 0) is 56.2 Å². The van der Waals surface area contributed by atoms with Gasteiger partial charge in [0.1, 0.15) is 5.60 Å². The van der Waals surface area contributed by atoms with Gasteiger partial charge in [-0.3, -0.25) is 24.1 Å².